The van der Waals surface area contributed by atoms with E-state index in [2.05, 4.69) is 52.8 Å². The average Bonchev–Trinajstić information content (AvgIpc) is 3.00. The average molecular weight is 278 g/mol. The Kier molecular flexibility index (Phi) is 3.13. The van der Waals surface area contributed by atoms with Crippen LogP contribution >= 0.6 is 0 Å². The number of hydrogen-bond acceptors (Lipinski definition) is 2. The van der Waals surface area contributed by atoms with Gasteiger partial charge >= 0.3 is 0 Å². The van der Waals surface area contributed by atoms with Crippen LogP contribution in [0.2, 0.25) is 0 Å². The van der Waals surface area contributed by atoms with Crippen molar-refractivity contribution in [3.63, 3.8) is 0 Å². The lowest BCUT2D eigenvalue weighted by Gasteiger charge is -2.26. The highest BCUT2D eigenvalue weighted by Gasteiger charge is 2.20. The first-order chi connectivity index (χ1) is 10.4. The Morgan fingerprint density at radius 1 is 1.14 bits per heavy atom. The summed E-state index contributed by atoms with van der Waals surface area (Å²) in [5.41, 5.74) is 3.77. The molecule has 1 aliphatic rings. The molecule has 1 atom stereocenters. The Morgan fingerprint density at radius 3 is 3.10 bits per heavy atom. The molecule has 0 aliphatic carbocycles. The largest absolute Gasteiger partial charge is 0.493 e. The summed E-state index contributed by atoms with van der Waals surface area (Å²) >= 11 is 0. The van der Waals surface area contributed by atoms with Crippen molar-refractivity contribution in [2.75, 3.05) is 6.61 Å². The summed E-state index contributed by atoms with van der Waals surface area (Å²) in [6.45, 7) is 1.66. The Morgan fingerprint density at radius 2 is 2.10 bits per heavy atom. The van der Waals surface area contributed by atoms with E-state index in [-0.39, 0.29) is 0 Å². The van der Waals surface area contributed by atoms with Gasteiger partial charge in [-0.1, -0.05) is 24.3 Å². The van der Waals surface area contributed by atoms with Gasteiger partial charge in [-0.05, 0) is 35.2 Å². The molecule has 0 spiro atoms. The first-order valence-corrected chi connectivity index (χ1v) is 7.41. The van der Waals surface area contributed by atoms with Crippen molar-refractivity contribution in [1.82, 2.24) is 10.3 Å². The fourth-order valence-corrected chi connectivity index (χ4v) is 3.01. The van der Waals surface area contributed by atoms with Crippen LogP contribution in [0.5, 0.6) is 5.75 Å². The highest BCUT2D eigenvalue weighted by molar-refractivity contribution is 5.79. The van der Waals surface area contributed by atoms with Crippen LogP contribution in [0.15, 0.2) is 54.7 Å². The molecule has 2 heterocycles. The van der Waals surface area contributed by atoms with E-state index in [0.29, 0.717) is 6.04 Å². The summed E-state index contributed by atoms with van der Waals surface area (Å²) in [5, 5.41) is 4.93. The number of aromatic nitrogens is 1. The van der Waals surface area contributed by atoms with Crippen molar-refractivity contribution in [2.24, 2.45) is 0 Å². The van der Waals surface area contributed by atoms with Crippen LogP contribution in [0.3, 0.4) is 0 Å². The van der Waals surface area contributed by atoms with Gasteiger partial charge in [-0.3, -0.25) is 0 Å². The van der Waals surface area contributed by atoms with E-state index in [1.165, 1.54) is 22.0 Å². The number of nitrogens with one attached hydrogen (secondary N) is 2. The van der Waals surface area contributed by atoms with Gasteiger partial charge in [0.15, 0.2) is 0 Å². The second-order valence-corrected chi connectivity index (χ2v) is 5.51. The molecule has 1 unspecified atom stereocenters. The van der Waals surface area contributed by atoms with Crippen LogP contribution in [0, 0.1) is 0 Å². The van der Waals surface area contributed by atoms with E-state index >= 15 is 0 Å². The van der Waals surface area contributed by atoms with Crippen LogP contribution in [-0.4, -0.2) is 11.6 Å². The first-order valence-electron chi connectivity index (χ1n) is 7.41. The van der Waals surface area contributed by atoms with Gasteiger partial charge < -0.3 is 15.0 Å². The summed E-state index contributed by atoms with van der Waals surface area (Å²) in [6.07, 6.45) is 3.00. The van der Waals surface area contributed by atoms with E-state index < -0.39 is 0 Å². The second kappa shape index (κ2) is 5.26. The van der Waals surface area contributed by atoms with Gasteiger partial charge in [-0.15, -0.1) is 0 Å². The topological polar surface area (TPSA) is 37.0 Å². The maximum atomic E-state index is 5.71. The van der Waals surface area contributed by atoms with Crippen molar-refractivity contribution in [3.8, 4) is 5.75 Å². The van der Waals surface area contributed by atoms with Crippen LogP contribution in [0.25, 0.3) is 10.9 Å². The number of para-hydroxylation sites is 1. The van der Waals surface area contributed by atoms with Crippen molar-refractivity contribution in [1.29, 1.82) is 0 Å². The fourth-order valence-electron chi connectivity index (χ4n) is 3.01. The van der Waals surface area contributed by atoms with Crippen molar-refractivity contribution < 1.29 is 4.74 Å². The van der Waals surface area contributed by atoms with Crippen molar-refractivity contribution in [2.45, 2.75) is 19.0 Å². The maximum absolute atomic E-state index is 5.71. The molecule has 2 aromatic carbocycles. The molecule has 3 aromatic rings. The van der Waals surface area contributed by atoms with E-state index in [4.69, 9.17) is 4.74 Å². The zero-order chi connectivity index (χ0) is 14.1. The number of aromatic amines is 1. The monoisotopic (exact) mass is 278 g/mol. The lowest BCUT2D eigenvalue weighted by atomic mass is 10.0. The molecule has 21 heavy (non-hydrogen) atoms. The van der Waals surface area contributed by atoms with Gasteiger partial charge in [0.2, 0.25) is 0 Å². The summed E-state index contributed by atoms with van der Waals surface area (Å²) in [5.74, 6) is 1.02. The minimum atomic E-state index is 0.372. The number of rotatable bonds is 3. The van der Waals surface area contributed by atoms with Crippen molar-refractivity contribution >= 4 is 10.9 Å². The van der Waals surface area contributed by atoms with E-state index in [9.17, 15) is 0 Å². The lowest BCUT2D eigenvalue weighted by Crippen LogP contribution is -2.26. The summed E-state index contributed by atoms with van der Waals surface area (Å²) < 4.78 is 5.71. The van der Waals surface area contributed by atoms with Gasteiger partial charge in [0.25, 0.3) is 0 Å². The van der Waals surface area contributed by atoms with Gasteiger partial charge in [-0.2, -0.15) is 0 Å². The smallest absolute Gasteiger partial charge is 0.124 e. The predicted octanol–water partition coefficient (Wildman–Crippen LogP) is 3.78. The van der Waals surface area contributed by atoms with Gasteiger partial charge in [-0.25, -0.2) is 0 Å². The second-order valence-electron chi connectivity index (χ2n) is 5.51. The number of fused-ring (bicyclic) bond motifs is 2. The van der Waals surface area contributed by atoms with Crippen molar-refractivity contribution in [3.05, 3.63) is 65.9 Å². The highest BCUT2D eigenvalue weighted by Crippen LogP contribution is 2.31. The molecule has 4 rings (SSSR count). The van der Waals surface area contributed by atoms with Crippen LogP contribution in [-0.2, 0) is 6.54 Å². The minimum Gasteiger partial charge on any atom is -0.493 e. The molecule has 0 amide bonds. The lowest BCUT2D eigenvalue weighted by molar-refractivity contribution is 0.252. The minimum absolute atomic E-state index is 0.372. The zero-order valence-corrected chi connectivity index (χ0v) is 11.8. The fraction of sp³-hybridized carbons (Fsp3) is 0.222. The molecule has 0 saturated carbocycles. The van der Waals surface area contributed by atoms with Gasteiger partial charge in [0, 0.05) is 36.3 Å². The number of ether oxygens (including phenoxy) is 1. The number of H-pyrrole nitrogens is 1. The predicted molar refractivity (Wildman–Crippen MR) is 84.4 cm³/mol. The third-order valence-corrected chi connectivity index (χ3v) is 4.13. The molecule has 3 heteroatoms. The third-order valence-electron chi connectivity index (χ3n) is 4.13. The van der Waals surface area contributed by atoms with Gasteiger partial charge in [0.1, 0.15) is 5.75 Å². The van der Waals surface area contributed by atoms with Crippen LogP contribution in [0.1, 0.15) is 23.6 Å². The molecule has 0 fully saturated rings. The molecule has 0 radical (unpaired) electrons. The quantitative estimate of drug-likeness (QED) is 0.765. The number of benzene rings is 2. The molecule has 2 N–H and O–H groups in total. The third kappa shape index (κ3) is 2.41. The molecule has 3 nitrogen and oxygen atoms in total. The maximum Gasteiger partial charge on any atom is 0.124 e. The van der Waals surface area contributed by atoms with E-state index in [0.717, 1.165) is 25.3 Å². The Hall–Kier alpha value is -2.26. The molecule has 0 saturated heterocycles. The molecular weight excluding hydrogens is 260 g/mol. The Balaban J connectivity index is 1.52. The molecule has 1 aromatic heterocycles. The Bertz CT molecular complexity index is 763. The van der Waals surface area contributed by atoms with Crippen LogP contribution < -0.4 is 10.1 Å². The van der Waals surface area contributed by atoms with Gasteiger partial charge in [0.05, 0.1) is 6.61 Å². The summed E-state index contributed by atoms with van der Waals surface area (Å²) in [4.78, 5) is 3.23. The highest BCUT2D eigenvalue weighted by atomic mass is 16.5. The summed E-state index contributed by atoms with van der Waals surface area (Å²) in [7, 11) is 0. The van der Waals surface area contributed by atoms with Crippen LogP contribution in [0.4, 0.5) is 0 Å². The summed E-state index contributed by atoms with van der Waals surface area (Å²) in [6, 6.07) is 17.4. The van der Waals surface area contributed by atoms with E-state index in [1.54, 1.807) is 0 Å². The number of hydrogen-bond donors (Lipinski definition) is 2. The first kappa shape index (κ1) is 12.5. The molecule has 0 bridgehead atoms. The SMILES string of the molecule is c1ccc2c(c1)OCCC2NCc1ccc2[nH]ccc2c1. The molecule has 1 aliphatic heterocycles. The van der Waals surface area contributed by atoms with E-state index in [1.807, 2.05) is 12.3 Å². The zero-order valence-electron chi connectivity index (χ0n) is 11.8. The molecule has 106 valence electrons. The standard InChI is InChI=1S/C18H18N2O/c1-2-4-18-15(3-1)17(8-10-21-18)20-12-13-5-6-16-14(11-13)7-9-19-16/h1-7,9,11,17,19-20H,8,10,12H2. The normalized spacial score (nSPS) is 17.4. The Labute approximate surface area is 123 Å². The molecular formula is C18H18N2O.